The first kappa shape index (κ1) is 14.7. The Hall–Kier alpha value is -1.37. The predicted octanol–water partition coefficient (Wildman–Crippen LogP) is 2.29. The summed E-state index contributed by atoms with van der Waals surface area (Å²) in [5, 5.41) is 22.0. The van der Waals surface area contributed by atoms with Crippen LogP contribution in [0.25, 0.3) is 0 Å². The maximum atomic E-state index is 9.73. The van der Waals surface area contributed by atoms with Gasteiger partial charge in [-0.3, -0.25) is 0 Å². The van der Waals surface area contributed by atoms with Gasteiger partial charge in [0.1, 0.15) is 0 Å². The number of aliphatic hydroxyl groups is 1. The molecular formula is C15H22N2O. The monoisotopic (exact) mass is 246 g/mol. The maximum absolute atomic E-state index is 9.73. The van der Waals surface area contributed by atoms with Crippen LogP contribution in [-0.2, 0) is 0 Å². The summed E-state index contributed by atoms with van der Waals surface area (Å²) in [5.41, 5.74) is 1.02. The Balaban J connectivity index is 2.36. The van der Waals surface area contributed by atoms with Crippen LogP contribution < -0.4 is 5.32 Å². The molecule has 3 heteroatoms. The number of aliphatic hydroxyl groups excluding tert-OH is 1. The van der Waals surface area contributed by atoms with E-state index in [4.69, 9.17) is 5.26 Å². The highest BCUT2D eigenvalue weighted by Gasteiger charge is 2.11. The minimum absolute atomic E-state index is 0.155. The number of benzene rings is 1. The van der Waals surface area contributed by atoms with Gasteiger partial charge < -0.3 is 10.4 Å². The lowest BCUT2D eigenvalue weighted by Gasteiger charge is -2.15. The molecule has 1 aromatic carbocycles. The molecule has 2 atom stereocenters. The van der Waals surface area contributed by atoms with Crippen molar-refractivity contribution in [2.45, 2.75) is 32.3 Å². The summed E-state index contributed by atoms with van der Waals surface area (Å²) in [7, 11) is 0. The second-order valence-corrected chi connectivity index (χ2v) is 5.03. The van der Waals surface area contributed by atoms with Crippen molar-refractivity contribution in [1.29, 1.82) is 5.26 Å². The molecule has 18 heavy (non-hydrogen) atoms. The average molecular weight is 246 g/mol. The van der Waals surface area contributed by atoms with E-state index in [2.05, 4.69) is 25.2 Å². The van der Waals surface area contributed by atoms with Crippen molar-refractivity contribution in [1.82, 2.24) is 5.32 Å². The van der Waals surface area contributed by atoms with Crippen LogP contribution in [-0.4, -0.2) is 24.3 Å². The Morgan fingerprint density at radius 3 is 2.44 bits per heavy atom. The van der Waals surface area contributed by atoms with Gasteiger partial charge in [-0.25, -0.2) is 0 Å². The van der Waals surface area contributed by atoms with E-state index in [1.807, 2.05) is 30.3 Å². The first-order valence-corrected chi connectivity index (χ1v) is 6.46. The molecule has 0 saturated carbocycles. The highest BCUT2D eigenvalue weighted by Crippen LogP contribution is 2.13. The Morgan fingerprint density at radius 2 is 1.89 bits per heavy atom. The van der Waals surface area contributed by atoms with E-state index in [0.29, 0.717) is 19.0 Å². The molecular weight excluding hydrogens is 224 g/mol. The Labute approximate surface area is 109 Å². The second kappa shape index (κ2) is 7.86. The number of nitriles is 1. The molecule has 0 aliphatic heterocycles. The zero-order valence-electron chi connectivity index (χ0n) is 11.1. The fourth-order valence-electron chi connectivity index (χ4n) is 1.95. The minimum Gasteiger partial charge on any atom is -0.392 e. The fraction of sp³-hybridized carbons (Fsp3) is 0.533. The third-order valence-corrected chi connectivity index (χ3v) is 2.83. The van der Waals surface area contributed by atoms with Crippen molar-refractivity contribution in [3.05, 3.63) is 35.9 Å². The minimum atomic E-state index is -0.333. The van der Waals surface area contributed by atoms with Gasteiger partial charge in [0.2, 0.25) is 0 Å². The molecule has 3 nitrogen and oxygen atoms in total. The molecule has 0 fully saturated rings. The molecule has 0 aromatic heterocycles. The summed E-state index contributed by atoms with van der Waals surface area (Å²) in [4.78, 5) is 0. The number of hydrogen-bond donors (Lipinski definition) is 2. The van der Waals surface area contributed by atoms with Crippen LogP contribution in [0.15, 0.2) is 30.3 Å². The van der Waals surface area contributed by atoms with Crippen molar-refractivity contribution >= 4 is 0 Å². The first-order chi connectivity index (χ1) is 8.63. The van der Waals surface area contributed by atoms with E-state index < -0.39 is 0 Å². The van der Waals surface area contributed by atoms with Crippen molar-refractivity contribution in [2.24, 2.45) is 5.92 Å². The molecule has 0 saturated heterocycles. The zero-order chi connectivity index (χ0) is 13.4. The number of nitrogens with zero attached hydrogens (tertiary/aromatic N) is 1. The van der Waals surface area contributed by atoms with Gasteiger partial charge in [-0.2, -0.15) is 5.26 Å². The Kier molecular flexibility index (Phi) is 6.42. The molecule has 0 radical (unpaired) electrons. The predicted molar refractivity (Wildman–Crippen MR) is 73.1 cm³/mol. The van der Waals surface area contributed by atoms with Gasteiger partial charge in [-0.15, -0.1) is 0 Å². The van der Waals surface area contributed by atoms with E-state index in [9.17, 15) is 5.11 Å². The third-order valence-electron chi connectivity index (χ3n) is 2.83. The molecule has 2 unspecified atom stereocenters. The molecule has 0 heterocycles. The van der Waals surface area contributed by atoms with Crippen molar-refractivity contribution < 1.29 is 5.11 Å². The number of rotatable bonds is 7. The van der Waals surface area contributed by atoms with Crippen molar-refractivity contribution in [3.63, 3.8) is 0 Å². The van der Waals surface area contributed by atoms with Gasteiger partial charge in [0.25, 0.3) is 0 Å². The summed E-state index contributed by atoms with van der Waals surface area (Å²) in [6.07, 6.45) is 0.454. The SMILES string of the molecule is CC(C)CC(O)CNCC(C#N)c1ccccc1. The van der Waals surface area contributed by atoms with Crippen LogP contribution in [0.1, 0.15) is 31.7 Å². The van der Waals surface area contributed by atoms with Crippen molar-refractivity contribution in [2.75, 3.05) is 13.1 Å². The molecule has 1 aromatic rings. The van der Waals surface area contributed by atoms with Crippen LogP contribution in [0.4, 0.5) is 0 Å². The summed E-state index contributed by atoms with van der Waals surface area (Å²) in [5.74, 6) is 0.333. The highest BCUT2D eigenvalue weighted by molar-refractivity contribution is 5.24. The van der Waals surface area contributed by atoms with E-state index >= 15 is 0 Å². The zero-order valence-corrected chi connectivity index (χ0v) is 11.1. The molecule has 0 spiro atoms. The lowest BCUT2D eigenvalue weighted by molar-refractivity contribution is 0.146. The van der Waals surface area contributed by atoms with Gasteiger partial charge in [0, 0.05) is 13.1 Å². The van der Waals surface area contributed by atoms with Gasteiger partial charge in [-0.1, -0.05) is 44.2 Å². The number of nitrogens with one attached hydrogen (secondary N) is 1. The fourth-order valence-corrected chi connectivity index (χ4v) is 1.95. The Bertz CT molecular complexity index is 370. The van der Waals surface area contributed by atoms with E-state index in [-0.39, 0.29) is 12.0 Å². The molecule has 2 N–H and O–H groups in total. The largest absolute Gasteiger partial charge is 0.392 e. The molecule has 1 rings (SSSR count). The highest BCUT2D eigenvalue weighted by atomic mass is 16.3. The summed E-state index contributed by atoms with van der Waals surface area (Å²) >= 11 is 0. The van der Waals surface area contributed by atoms with Gasteiger partial charge in [0.15, 0.2) is 0 Å². The van der Waals surface area contributed by atoms with Crippen molar-refractivity contribution in [3.8, 4) is 6.07 Å². The normalized spacial score (nSPS) is 14.2. The van der Waals surface area contributed by atoms with E-state index in [0.717, 1.165) is 12.0 Å². The summed E-state index contributed by atoms with van der Waals surface area (Å²) in [6.45, 7) is 5.30. The third kappa shape index (κ3) is 5.31. The van der Waals surface area contributed by atoms with Crippen LogP contribution in [0.5, 0.6) is 0 Å². The average Bonchev–Trinajstić information content (AvgIpc) is 2.35. The van der Waals surface area contributed by atoms with Crippen LogP contribution in [0.2, 0.25) is 0 Å². The Morgan fingerprint density at radius 1 is 1.22 bits per heavy atom. The smallest absolute Gasteiger partial charge is 0.0837 e. The van der Waals surface area contributed by atoms with Gasteiger partial charge in [0.05, 0.1) is 18.1 Å². The second-order valence-electron chi connectivity index (χ2n) is 5.03. The van der Waals surface area contributed by atoms with Crippen LogP contribution in [0.3, 0.4) is 0 Å². The van der Waals surface area contributed by atoms with E-state index in [1.165, 1.54) is 0 Å². The quantitative estimate of drug-likeness (QED) is 0.776. The van der Waals surface area contributed by atoms with Gasteiger partial charge in [-0.05, 0) is 17.9 Å². The summed E-state index contributed by atoms with van der Waals surface area (Å²) < 4.78 is 0. The van der Waals surface area contributed by atoms with Gasteiger partial charge >= 0.3 is 0 Å². The summed E-state index contributed by atoms with van der Waals surface area (Å²) in [6, 6.07) is 12.0. The molecule has 98 valence electrons. The van der Waals surface area contributed by atoms with Crippen LogP contribution in [0, 0.1) is 17.2 Å². The topological polar surface area (TPSA) is 56.0 Å². The number of hydrogen-bond acceptors (Lipinski definition) is 3. The van der Waals surface area contributed by atoms with E-state index in [1.54, 1.807) is 0 Å². The molecule has 0 aliphatic rings. The standard InChI is InChI=1S/C15H22N2O/c1-12(2)8-15(18)11-17-10-14(9-16)13-6-4-3-5-7-13/h3-7,12,14-15,17-18H,8,10-11H2,1-2H3. The lowest BCUT2D eigenvalue weighted by Crippen LogP contribution is -2.30. The molecule has 0 bridgehead atoms. The molecule has 0 amide bonds. The first-order valence-electron chi connectivity index (χ1n) is 6.46. The molecule has 0 aliphatic carbocycles. The lowest BCUT2D eigenvalue weighted by atomic mass is 10.0. The van der Waals surface area contributed by atoms with Crippen LogP contribution >= 0.6 is 0 Å². The maximum Gasteiger partial charge on any atom is 0.0837 e.